The second-order valence-electron chi connectivity index (χ2n) is 4.93. The van der Waals surface area contributed by atoms with E-state index in [9.17, 15) is 0 Å². The number of aromatic amines is 1. The lowest BCUT2D eigenvalue weighted by Crippen LogP contribution is -1.89. The molecular formula is C16H13N5O. The maximum absolute atomic E-state index is 5.62. The average Bonchev–Trinajstić information content (AvgIpc) is 3.24. The van der Waals surface area contributed by atoms with Gasteiger partial charge in [-0.2, -0.15) is 10.2 Å². The predicted octanol–water partition coefficient (Wildman–Crippen LogP) is 3.21. The number of nitrogens with one attached hydrogen (secondary N) is 1. The van der Waals surface area contributed by atoms with Crippen molar-refractivity contribution in [2.24, 2.45) is 5.10 Å². The van der Waals surface area contributed by atoms with E-state index in [1.54, 1.807) is 23.4 Å². The molecule has 0 bridgehead atoms. The molecule has 0 radical (unpaired) electrons. The molecule has 3 aromatic heterocycles. The molecule has 0 saturated heterocycles. The summed E-state index contributed by atoms with van der Waals surface area (Å²) in [5.74, 6) is 1.60. The van der Waals surface area contributed by atoms with Crippen LogP contribution in [-0.2, 0) is 0 Å². The molecule has 0 spiro atoms. The molecule has 22 heavy (non-hydrogen) atoms. The van der Waals surface area contributed by atoms with Crippen LogP contribution < -0.4 is 0 Å². The number of H-pyrrole nitrogens is 1. The van der Waals surface area contributed by atoms with Crippen LogP contribution in [0, 0.1) is 6.92 Å². The van der Waals surface area contributed by atoms with Crippen molar-refractivity contribution in [3.05, 3.63) is 60.2 Å². The van der Waals surface area contributed by atoms with Crippen molar-refractivity contribution in [1.29, 1.82) is 0 Å². The van der Waals surface area contributed by atoms with Gasteiger partial charge in [0.25, 0.3) is 0 Å². The molecule has 0 saturated carbocycles. The number of nitrogens with zero attached hydrogens (tertiary/aromatic N) is 4. The number of fused-ring (bicyclic) bond motifs is 1. The van der Waals surface area contributed by atoms with Crippen molar-refractivity contribution in [1.82, 2.24) is 19.9 Å². The van der Waals surface area contributed by atoms with Gasteiger partial charge in [-0.25, -0.2) is 9.66 Å². The lowest BCUT2D eigenvalue weighted by Gasteiger charge is -1.96. The molecule has 0 aliphatic rings. The summed E-state index contributed by atoms with van der Waals surface area (Å²) in [6.45, 7) is 1.91. The summed E-state index contributed by atoms with van der Waals surface area (Å²) in [5.41, 5.74) is 3.53. The summed E-state index contributed by atoms with van der Waals surface area (Å²) in [5, 5.41) is 11.5. The zero-order valence-corrected chi connectivity index (χ0v) is 11.9. The van der Waals surface area contributed by atoms with E-state index >= 15 is 0 Å². The zero-order valence-electron chi connectivity index (χ0n) is 11.9. The number of hydrogen-bond donors (Lipinski definition) is 1. The standard InChI is InChI=1S/C16H13N5O/c1-11-6-7-15(22-11)16-12(8-18-20-16)9-19-21-10-17-13-4-2-3-5-14(13)21/h2-10H,1H3,(H,18,20). The maximum Gasteiger partial charge on any atom is 0.152 e. The van der Waals surface area contributed by atoms with Crippen molar-refractivity contribution >= 4 is 17.2 Å². The van der Waals surface area contributed by atoms with Gasteiger partial charge in [-0.15, -0.1) is 0 Å². The highest BCUT2D eigenvalue weighted by Crippen LogP contribution is 2.22. The minimum absolute atomic E-state index is 0.743. The molecule has 0 fully saturated rings. The van der Waals surface area contributed by atoms with E-state index in [1.165, 1.54) is 0 Å². The van der Waals surface area contributed by atoms with Crippen LogP contribution in [0.4, 0.5) is 0 Å². The first-order valence-electron chi connectivity index (χ1n) is 6.88. The molecule has 0 atom stereocenters. The molecule has 0 unspecified atom stereocenters. The topological polar surface area (TPSA) is 72.0 Å². The van der Waals surface area contributed by atoms with Gasteiger partial charge in [0.1, 0.15) is 17.8 Å². The van der Waals surface area contributed by atoms with Gasteiger partial charge in [0, 0.05) is 5.56 Å². The van der Waals surface area contributed by atoms with E-state index < -0.39 is 0 Å². The number of imidazole rings is 1. The Morgan fingerprint density at radius 3 is 3.00 bits per heavy atom. The van der Waals surface area contributed by atoms with Gasteiger partial charge in [-0.3, -0.25) is 5.10 Å². The van der Waals surface area contributed by atoms with E-state index in [0.717, 1.165) is 33.8 Å². The Kier molecular flexibility index (Phi) is 2.86. The quantitative estimate of drug-likeness (QED) is 0.589. The molecule has 4 rings (SSSR count). The Morgan fingerprint density at radius 2 is 2.14 bits per heavy atom. The number of furan rings is 1. The number of rotatable bonds is 3. The summed E-state index contributed by atoms with van der Waals surface area (Å²) in [6, 6.07) is 11.7. The summed E-state index contributed by atoms with van der Waals surface area (Å²) < 4.78 is 7.36. The number of benzene rings is 1. The van der Waals surface area contributed by atoms with Crippen LogP contribution in [0.1, 0.15) is 11.3 Å². The molecule has 4 aromatic rings. The first-order valence-corrected chi connectivity index (χ1v) is 6.88. The molecule has 0 aliphatic heterocycles. The molecule has 6 nitrogen and oxygen atoms in total. The fraction of sp³-hybridized carbons (Fsp3) is 0.0625. The van der Waals surface area contributed by atoms with E-state index in [0.29, 0.717) is 0 Å². The Labute approximate surface area is 126 Å². The third-order valence-corrected chi connectivity index (χ3v) is 3.41. The summed E-state index contributed by atoms with van der Waals surface area (Å²) in [4.78, 5) is 4.31. The van der Waals surface area contributed by atoms with Crippen LogP contribution in [0.2, 0.25) is 0 Å². The normalized spacial score (nSPS) is 11.7. The first kappa shape index (κ1) is 12.6. The monoisotopic (exact) mass is 291 g/mol. The summed E-state index contributed by atoms with van der Waals surface area (Å²) >= 11 is 0. The predicted molar refractivity (Wildman–Crippen MR) is 83.8 cm³/mol. The van der Waals surface area contributed by atoms with Gasteiger partial charge < -0.3 is 4.42 Å². The highest BCUT2D eigenvalue weighted by molar-refractivity contribution is 5.87. The van der Waals surface area contributed by atoms with Gasteiger partial charge >= 0.3 is 0 Å². The molecule has 3 heterocycles. The van der Waals surface area contributed by atoms with Gasteiger partial charge in [-0.1, -0.05) is 12.1 Å². The van der Waals surface area contributed by atoms with Gasteiger partial charge in [0.2, 0.25) is 0 Å². The maximum atomic E-state index is 5.62. The van der Waals surface area contributed by atoms with Gasteiger partial charge in [-0.05, 0) is 31.2 Å². The lowest BCUT2D eigenvalue weighted by molar-refractivity contribution is 0.546. The van der Waals surface area contributed by atoms with Gasteiger partial charge in [0.15, 0.2) is 5.76 Å². The Morgan fingerprint density at radius 1 is 1.23 bits per heavy atom. The second-order valence-corrected chi connectivity index (χ2v) is 4.93. The number of aromatic nitrogens is 4. The van der Waals surface area contributed by atoms with Crippen molar-refractivity contribution in [2.45, 2.75) is 6.92 Å². The van der Waals surface area contributed by atoms with Crippen molar-refractivity contribution in [3.8, 4) is 11.5 Å². The lowest BCUT2D eigenvalue weighted by atomic mass is 10.2. The van der Waals surface area contributed by atoms with Crippen molar-refractivity contribution in [2.75, 3.05) is 0 Å². The fourth-order valence-corrected chi connectivity index (χ4v) is 2.32. The molecule has 1 aromatic carbocycles. The Hall–Kier alpha value is -3.15. The summed E-state index contributed by atoms with van der Waals surface area (Å²) in [6.07, 6.45) is 5.15. The van der Waals surface area contributed by atoms with E-state index in [2.05, 4.69) is 20.3 Å². The largest absolute Gasteiger partial charge is 0.460 e. The smallest absolute Gasteiger partial charge is 0.152 e. The fourth-order valence-electron chi connectivity index (χ4n) is 2.32. The minimum atomic E-state index is 0.743. The Balaban J connectivity index is 1.71. The molecule has 0 amide bonds. The molecule has 108 valence electrons. The minimum Gasteiger partial charge on any atom is -0.460 e. The first-order chi connectivity index (χ1) is 10.8. The van der Waals surface area contributed by atoms with Crippen LogP contribution in [0.15, 0.2) is 58.4 Å². The number of hydrogen-bond acceptors (Lipinski definition) is 4. The van der Waals surface area contributed by atoms with Crippen molar-refractivity contribution in [3.63, 3.8) is 0 Å². The van der Waals surface area contributed by atoms with E-state index in [1.807, 2.05) is 43.3 Å². The number of para-hydroxylation sites is 2. The average molecular weight is 291 g/mol. The highest BCUT2D eigenvalue weighted by Gasteiger charge is 2.09. The van der Waals surface area contributed by atoms with Gasteiger partial charge in [0.05, 0.1) is 23.4 Å². The van der Waals surface area contributed by atoms with Crippen LogP contribution in [0.3, 0.4) is 0 Å². The zero-order chi connectivity index (χ0) is 14.9. The van der Waals surface area contributed by atoms with Crippen LogP contribution in [0.5, 0.6) is 0 Å². The van der Waals surface area contributed by atoms with E-state index in [-0.39, 0.29) is 0 Å². The molecule has 6 heteroatoms. The highest BCUT2D eigenvalue weighted by atomic mass is 16.3. The molecular weight excluding hydrogens is 278 g/mol. The third kappa shape index (κ3) is 2.10. The van der Waals surface area contributed by atoms with Crippen LogP contribution in [0.25, 0.3) is 22.5 Å². The third-order valence-electron chi connectivity index (χ3n) is 3.41. The SMILES string of the molecule is Cc1ccc(-c2[nH]ncc2C=Nn2cnc3ccccc32)o1. The molecule has 0 aliphatic carbocycles. The van der Waals surface area contributed by atoms with Crippen molar-refractivity contribution < 1.29 is 4.42 Å². The molecule has 1 N–H and O–H groups in total. The number of aryl methyl sites for hydroxylation is 1. The Bertz CT molecular complexity index is 960. The summed E-state index contributed by atoms with van der Waals surface area (Å²) in [7, 11) is 0. The second kappa shape index (κ2) is 5.00. The van der Waals surface area contributed by atoms with Crippen LogP contribution in [-0.4, -0.2) is 26.1 Å². The van der Waals surface area contributed by atoms with Crippen LogP contribution >= 0.6 is 0 Å². The van der Waals surface area contributed by atoms with E-state index in [4.69, 9.17) is 4.42 Å².